The summed E-state index contributed by atoms with van der Waals surface area (Å²) in [5.41, 5.74) is 0.774. The molecular weight excluding hydrogens is 242 g/mol. The van der Waals surface area contributed by atoms with E-state index in [0.29, 0.717) is 5.02 Å². The molecule has 1 rings (SSSR count). The maximum atomic E-state index is 11.3. The van der Waals surface area contributed by atoms with Crippen LogP contribution in [0.25, 0.3) is 6.08 Å². The molecule has 0 radical (unpaired) electrons. The van der Waals surface area contributed by atoms with Crippen LogP contribution in [0.3, 0.4) is 0 Å². The van der Waals surface area contributed by atoms with Gasteiger partial charge in [0, 0.05) is 11.1 Å². The summed E-state index contributed by atoms with van der Waals surface area (Å²) in [6.45, 7) is 1.40. The smallest absolute Gasteiger partial charge is 0.325 e. The van der Waals surface area contributed by atoms with E-state index in [1.165, 1.54) is 13.0 Å². The molecule has 90 valence electrons. The Balaban J connectivity index is 2.59. The number of carbonyl (C=O) groups excluding carboxylic acids is 1. The highest BCUT2D eigenvalue weighted by atomic mass is 35.5. The first kappa shape index (κ1) is 13.3. The van der Waals surface area contributed by atoms with E-state index < -0.39 is 17.9 Å². The summed E-state index contributed by atoms with van der Waals surface area (Å²) < 4.78 is 0. The zero-order chi connectivity index (χ0) is 12.8. The number of carbonyl (C=O) groups is 2. The minimum Gasteiger partial charge on any atom is -0.480 e. The zero-order valence-corrected chi connectivity index (χ0v) is 9.94. The number of halogens is 1. The third-order valence-electron chi connectivity index (χ3n) is 2.01. The third-order valence-corrected chi connectivity index (χ3v) is 2.24. The van der Waals surface area contributed by atoms with Gasteiger partial charge in [0.05, 0.1) is 0 Å². The lowest BCUT2D eigenvalue weighted by Crippen LogP contribution is -2.37. The first-order chi connectivity index (χ1) is 7.99. The molecule has 1 atom stereocenters. The molecule has 0 aliphatic rings. The van der Waals surface area contributed by atoms with Crippen LogP contribution in [0.15, 0.2) is 30.3 Å². The standard InChI is InChI=1S/C12H12ClNO3/c1-8(12(16)17)14-11(15)6-5-9-3-2-4-10(13)7-9/h2-8H,1H3,(H,14,15)(H,16,17)/b6-5+/t8-/m1/s1. The summed E-state index contributed by atoms with van der Waals surface area (Å²) in [7, 11) is 0. The molecule has 0 fully saturated rings. The van der Waals surface area contributed by atoms with Gasteiger partial charge in [-0.2, -0.15) is 0 Å². The third kappa shape index (κ3) is 4.70. The molecule has 0 bridgehead atoms. The summed E-state index contributed by atoms with van der Waals surface area (Å²) in [6, 6.07) is 6.07. The molecular formula is C12H12ClNO3. The fourth-order valence-electron chi connectivity index (χ4n) is 1.11. The first-order valence-corrected chi connectivity index (χ1v) is 5.34. The van der Waals surface area contributed by atoms with Gasteiger partial charge in [0.1, 0.15) is 6.04 Å². The van der Waals surface area contributed by atoms with Crippen molar-refractivity contribution in [1.82, 2.24) is 5.32 Å². The van der Waals surface area contributed by atoms with Crippen LogP contribution in [0.1, 0.15) is 12.5 Å². The fourth-order valence-corrected chi connectivity index (χ4v) is 1.30. The number of rotatable bonds is 4. The minimum absolute atomic E-state index is 0.458. The Morgan fingerprint density at radius 1 is 1.47 bits per heavy atom. The van der Waals surface area contributed by atoms with Crippen molar-refractivity contribution < 1.29 is 14.7 Å². The lowest BCUT2D eigenvalue weighted by molar-refractivity contribution is -0.140. The predicted octanol–water partition coefficient (Wildman–Crippen LogP) is 1.94. The van der Waals surface area contributed by atoms with Gasteiger partial charge in [-0.25, -0.2) is 0 Å². The van der Waals surface area contributed by atoms with Gasteiger partial charge in [-0.15, -0.1) is 0 Å². The van der Waals surface area contributed by atoms with Gasteiger partial charge in [-0.3, -0.25) is 9.59 Å². The van der Waals surface area contributed by atoms with Crippen molar-refractivity contribution in [3.8, 4) is 0 Å². The number of nitrogens with one attached hydrogen (secondary N) is 1. The largest absolute Gasteiger partial charge is 0.480 e. The first-order valence-electron chi connectivity index (χ1n) is 4.96. The highest BCUT2D eigenvalue weighted by Gasteiger charge is 2.11. The van der Waals surface area contributed by atoms with Crippen LogP contribution >= 0.6 is 11.6 Å². The average molecular weight is 254 g/mol. The number of hydrogen-bond donors (Lipinski definition) is 2. The van der Waals surface area contributed by atoms with Crippen molar-refractivity contribution in [2.45, 2.75) is 13.0 Å². The SMILES string of the molecule is C[C@@H](NC(=O)/C=C/c1cccc(Cl)c1)C(=O)O. The van der Waals surface area contributed by atoms with Gasteiger partial charge in [0.15, 0.2) is 0 Å². The molecule has 2 N–H and O–H groups in total. The number of benzene rings is 1. The van der Waals surface area contributed by atoms with Gasteiger partial charge in [-0.05, 0) is 30.7 Å². The van der Waals surface area contributed by atoms with E-state index >= 15 is 0 Å². The van der Waals surface area contributed by atoms with Crippen molar-refractivity contribution >= 4 is 29.6 Å². The Labute approximate surface area is 104 Å². The summed E-state index contributed by atoms with van der Waals surface area (Å²) in [5, 5.41) is 11.5. The number of carboxylic acid groups (broad SMARTS) is 1. The van der Waals surface area contributed by atoms with Gasteiger partial charge in [0.2, 0.25) is 5.91 Å². The van der Waals surface area contributed by atoms with E-state index in [1.54, 1.807) is 30.3 Å². The second kappa shape index (κ2) is 6.06. The Hall–Kier alpha value is -1.81. The zero-order valence-electron chi connectivity index (χ0n) is 9.18. The summed E-state index contributed by atoms with van der Waals surface area (Å²) in [4.78, 5) is 21.8. The Kier molecular flexibility index (Phi) is 4.72. The minimum atomic E-state index is -1.07. The summed E-state index contributed by atoms with van der Waals surface area (Å²) in [6.07, 6.45) is 2.83. The van der Waals surface area contributed by atoms with Gasteiger partial charge >= 0.3 is 5.97 Å². The summed E-state index contributed by atoms with van der Waals surface area (Å²) >= 11 is 5.77. The summed E-state index contributed by atoms with van der Waals surface area (Å²) in [5.74, 6) is -1.53. The predicted molar refractivity (Wildman–Crippen MR) is 65.7 cm³/mol. The monoisotopic (exact) mass is 253 g/mol. The number of amides is 1. The second-order valence-corrected chi connectivity index (χ2v) is 3.89. The molecule has 0 aliphatic heterocycles. The number of hydrogen-bond acceptors (Lipinski definition) is 2. The van der Waals surface area contributed by atoms with Crippen molar-refractivity contribution in [3.63, 3.8) is 0 Å². The van der Waals surface area contributed by atoms with Crippen molar-refractivity contribution in [2.24, 2.45) is 0 Å². The van der Waals surface area contributed by atoms with Crippen molar-refractivity contribution in [2.75, 3.05) is 0 Å². The Bertz CT molecular complexity index is 457. The Morgan fingerprint density at radius 3 is 2.76 bits per heavy atom. The molecule has 0 aromatic heterocycles. The van der Waals surface area contributed by atoms with Crippen LogP contribution in [-0.2, 0) is 9.59 Å². The number of aliphatic carboxylic acids is 1. The average Bonchev–Trinajstić information content (AvgIpc) is 2.26. The molecule has 17 heavy (non-hydrogen) atoms. The van der Waals surface area contributed by atoms with Crippen LogP contribution in [0.4, 0.5) is 0 Å². The Morgan fingerprint density at radius 2 is 2.18 bits per heavy atom. The van der Waals surface area contributed by atoms with E-state index in [9.17, 15) is 9.59 Å². The normalized spacial score (nSPS) is 12.4. The molecule has 0 saturated heterocycles. The van der Waals surface area contributed by atoms with Crippen LogP contribution in [0, 0.1) is 0 Å². The van der Waals surface area contributed by atoms with Crippen molar-refractivity contribution in [3.05, 3.63) is 40.9 Å². The highest BCUT2D eigenvalue weighted by molar-refractivity contribution is 6.30. The van der Waals surface area contributed by atoms with E-state index in [-0.39, 0.29) is 0 Å². The van der Waals surface area contributed by atoms with Crippen LogP contribution in [0.2, 0.25) is 5.02 Å². The topological polar surface area (TPSA) is 66.4 Å². The molecule has 0 unspecified atom stereocenters. The van der Waals surface area contributed by atoms with Gasteiger partial charge in [0.25, 0.3) is 0 Å². The van der Waals surface area contributed by atoms with Gasteiger partial charge < -0.3 is 10.4 Å². The lowest BCUT2D eigenvalue weighted by Gasteiger charge is -2.05. The van der Waals surface area contributed by atoms with Crippen LogP contribution in [0.5, 0.6) is 0 Å². The van der Waals surface area contributed by atoms with Crippen LogP contribution in [-0.4, -0.2) is 23.0 Å². The molecule has 1 amide bonds. The van der Waals surface area contributed by atoms with E-state index in [1.807, 2.05) is 0 Å². The maximum Gasteiger partial charge on any atom is 0.325 e. The molecule has 0 saturated carbocycles. The molecule has 0 heterocycles. The quantitative estimate of drug-likeness (QED) is 0.806. The van der Waals surface area contributed by atoms with Crippen LogP contribution < -0.4 is 5.32 Å². The number of carboxylic acids is 1. The van der Waals surface area contributed by atoms with Gasteiger partial charge in [-0.1, -0.05) is 23.7 Å². The van der Waals surface area contributed by atoms with E-state index in [0.717, 1.165) is 5.56 Å². The molecule has 4 nitrogen and oxygen atoms in total. The lowest BCUT2D eigenvalue weighted by atomic mass is 10.2. The van der Waals surface area contributed by atoms with E-state index in [4.69, 9.17) is 16.7 Å². The molecule has 0 spiro atoms. The van der Waals surface area contributed by atoms with E-state index in [2.05, 4.69) is 5.32 Å². The molecule has 5 heteroatoms. The molecule has 1 aromatic rings. The molecule has 0 aliphatic carbocycles. The van der Waals surface area contributed by atoms with Crippen molar-refractivity contribution in [1.29, 1.82) is 0 Å². The maximum absolute atomic E-state index is 11.3. The fraction of sp³-hybridized carbons (Fsp3) is 0.167. The molecule has 1 aromatic carbocycles. The highest BCUT2D eigenvalue weighted by Crippen LogP contribution is 2.11. The second-order valence-electron chi connectivity index (χ2n) is 3.46.